The second kappa shape index (κ2) is 8.31. The third kappa shape index (κ3) is 5.39. The van der Waals surface area contributed by atoms with Crippen molar-refractivity contribution in [2.45, 2.75) is 6.92 Å². The molecule has 0 bridgehead atoms. The fraction of sp³-hybridized carbons (Fsp3) is 0.133. The van der Waals surface area contributed by atoms with Crippen molar-refractivity contribution in [3.8, 4) is 11.8 Å². The summed E-state index contributed by atoms with van der Waals surface area (Å²) in [4.78, 5) is 15.9. The molecule has 2 aromatic rings. The van der Waals surface area contributed by atoms with Gasteiger partial charge in [-0.15, -0.1) is 11.3 Å². The van der Waals surface area contributed by atoms with Crippen LogP contribution in [0.1, 0.15) is 10.7 Å². The molecule has 1 heterocycles. The van der Waals surface area contributed by atoms with Crippen molar-refractivity contribution >= 4 is 38.7 Å². The maximum atomic E-state index is 11.7. The van der Waals surface area contributed by atoms with Gasteiger partial charge in [-0.2, -0.15) is 5.26 Å². The minimum atomic E-state index is -0.367. The van der Waals surface area contributed by atoms with Crippen molar-refractivity contribution in [1.82, 2.24) is 15.8 Å². The first-order chi connectivity index (χ1) is 11.1. The Bertz CT molecular complexity index is 767. The molecule has 0 aliphatic heterocycles. The molecule has 1 aromatic heterocycles. The largest absolute Gasteiger partial charge is 0.484 e. The van der Waals surface area contributed by atoms with Crippen LogP contribution in [0, 0.1) is 18.3 Å². The number of allylic oxidation sites excluding steroid dienone is 1. The average molecular weight is 393 g/mol. The average Bonchev–Trinajstić information content (AvgIpc) is 2.96. The van der Waals surface area contributed by atoms with E-state index in [0.717, 1.165) is 10.2 Å². The molecule has 0 saturated carbocycles. The first kappa shape index (κ1) is 17.0. The Morgan fingerprint density at radius 3 is 3.04 bits per heavy atom. The number of amides is 1. The molecule has 0 spiro atoms. The Hall–Kier alpha value is -2.37. The van der Waals surface area contributed by atoms with Gasteiger partial charge in [0.25, 0.3) is 5.91 Å². The molecule has 2 N–H and O–H groups in total. The van der Waals surface area contributed by atoms with Crippen molar-refractivity contribution in [3.05, 3.63) is 51.0 Å². The Balaban J connectivity index is 1.82. The number of ether oxygens (including phenoxy) is 1. The molecule has 118 valence electrons. The monoisotopic (exact) mass is 392 g/mol. The van der Waals surface area contributed by atoms with E-state index in [-0.39, 0.29) is 12.5 Å². The SMILES string of the molecule is Cc1csc(/C(C#N)=C/NNC(=O)COc2cccc(Br)c2)n1. The van der Waals surface area contributed by atoms with Gasteiger partial charge in [-0.05, 0) is 25.1 Å². The normalized spacial score (nSPS) is 10.7. The van der Waals surface area contributed by atoms with Gasteiger partial charge in [0.1, 0.15) is 22.4 Å². The molecular weight excluding hydrogens is 380 g/mol. The van der Waals surface area contributed by atoms with Gasteiger partial charge in [0.2, 0.25) is 0 Å². The highest BCUT2D eigenvalue weighted by Crippen LogP contribution is 2.18. The van der Waals surface area contributed by atoms with E-state index in [1.807, 2.05) is 30.5 Å². The minimum Gasteiger partial charge on any atom is -0.484 e. The minimum absolute atomic E-state index is 0.143. The van der Waals surface area contributed by atoms with E-state index < -0.39 is 0 Å². The lowest BCUT2D eigenvalue weighted by Crippen LogP contribution is -2.37. The van der Waals surface area contributed by atoms with E-state index in [4.69, 9.17) is 10.00 Å². The number of halogens is 1. The molecule has 0 fully saturated rings. The molecule has 1 aromatic carbocycles. The van der Waals surface area contributed by atoms with Gasteiger partial charge in [0.15, 0.2) is 6.61 Å². The first-order valence-corrected chi connectivity index (χ1v) is 8.21. The number of nitriles is 1. The van der Waals surface area contributed by atoms with Gasteiger partial charge >= 0.3 is 0 Å². The van der Waals surface area contributed by atoms with E-state index in [2.05, 4.69) is 31.8 Å². The summed E-state index contributed by atoms with van der Waals surface area (Å²) in [5.41, 5.74) is 6.21. The maximum absolute atomic E-state index is 11.7. The van der Waals surface area contributed by atoms with Crippen LogP contribution in [0.2, 0.25) is 0 Å². The summed E-state index contributed by atoms with van der Waals surface area (Å²) < 4.78 is 6.21. The number of benzene rings is 1. The Morgan fingerprint density at radius 2 is 2.39 bits per heavy atom. The fourth-order valence-corrected chi connectivity index (χ4v) is 2.69. The second-order valence-electron chi connectivity index (χ2n) is 4.40. The Morgan fingerprint density at radius 1 is 1.57 bits per heavy atom. The standard InChI is InChI=1S/C15H13BrN4O2S/c1-10-9-23-15(19-10)11(6-17)7-18-20-14(21)8-22-13-4-2-3-12(16)5-13/h2-5,7,9,18H,8H2,1H3,(H,20,21)/b11-7+. The highest BCUT2D eigenvalue weighted by molar-refractivity contribution is 9.10. The summed E-state index contributed by atoms with van der Waals surface area (Å²) in [5.74, 6) is 0.217. The van der Waals surface area contributed by atoms with Gasteiger partial charge in [0, 0.05) is 21.7 Å². The summed E-state index contributed by atoms with van der Waals surface area (Å²) >= 11 is 4.69. The van der Waals surface area contributed by atoms with Gasteiger partial charge in [-0.3, -0.25) is 10.2 Å². The highest BCUT2D eigenvalue weighted by atomic mass is 79.9. The van der Waals surface area contributed by atoms with Gasteiger partial charge in [-0.25, -0.2) is 4.98 Å². The number of hydrogen-bond donors (Lipinski definition) is 2. The predicted octanol–water partition coefficient (Wildman–Crippen LogP) is 2.78. The quantitative estimate of drug-likeness (QED) is 0.582. The molecule has 1 amide bonds. The van der Waals surface area contributed by atoms with Crippen LogP contribution in [0.15, 0.2) is 40.3 Å². The van der Waals surface area contributed by atoms with Gasteiger partial charge in [-0.1, -0.05) is 22.0 Å². The van der Waals surface area contributed by atoms with Crippen molar-refractivity contribution in [2.75, 3.05) is 6.61 Å². The third-order valence-corrected chi connectivity index (χ3v) is 4.05. The molecule has 0 saturated heterocycles. The number of aryl methyl sites for hydroxylation is 1. The van der Waals surface area contributed by atoms with E-state index in [1.165, 1.54) is 17.5 Å². The van der Waals surface area contributed by atoms with Crippen molar-refractivity contribution < 1.29 is 9.53 Å². The van der Waals surface area contributed by atoms with Crippen LogP contribution < -0.4 is 15.6 Å². The summed E-state index contributed by atoms with van der Waals surface area (Å²) in [6.07, 6.45) is 1.40. The van der Waals surface area contributed by atoms with Crippen LogP contribution in [-0.2, 0) is 4.79 Å². The van der Waals surface area contributed by atoms with Crippen molar-refractivity contribution in [2.24, 2.45) is 0 Å². The molecular formula is C15H13BrN4O2S. The molecule has 0 aliphatic rings. The molecule has 0 unspecified atom stereocenters. The fourth-order valence-electron chi connectivity index (χ4n) is 1.55. The number of hydrogen-bond acceptors (Lipinski definition) is 6. The lowest BCUT2D eigenvalue weighted by molar-refractivity contribution is -0.123. The zero-order valence-corrected chi connectivity index (χ0v) is 14.6. The van der Waals surface area contributed by atoms with E-state index >= 15 is 0 Å². The summed E-state index contributed by atoms with van der Waals surface area (Å²) in [5, 5.41) is 11.5. The number of nitrogens with one attached hydrogen (secondary N) is 2. The molecule has 8 heteroatoms. The van der Waals surface area contributed by atoms with Crippen LogP contribution in [0.5, 0.6) is 5.75 Å². The molecule has 0 radical (unpaired) electrons. The zero-order chi connectivity index (χ0) is 16.7. The van der Waals surface area contributed by atoms with Gasteiger partial charge < -0.3 is 10.2 Å². The third-order valence-electron chi connectivity index (χ3n) is 2.56. The highest BCUT2D eigenvalue weighted by Gasteiger charge is 2.06. The number of thiazole rings is 1. The molecule has 0 atom stereocenters. The van der Waals surface area contributed by atoms with Crippen LogP contribution in [0.4, 0.5) is 0 Å². The van der Waals surface area contributed by atoms with Crippen molar-refractivity contribution in [1.29, 1.82) is 5.26 Å². The van der Waals surface area contributed by atoms with Crippen LogP contribution >= 0.6 is 27.3 Å². The number of hydrazine groups is 1. The summed E-state index contributed by atoms with van der Waals surface area (Å²) in [6, 6.07) is 9.22. The predicted molar refractivity (Wildman–Crippen MR) is 91.4 cm³/mol. The second-order valence-corrected chi connectivity index (χ2v) is 6.18. The van der Waals surface area contributed by atoms with Crippen LogP contribution in [0.25, 0.3) is 5.57 Å². The van der Waals surface area contributed by atoms with Crippen molar-refractivity contribution in [3.63, 3.8) is 0 Å². The topological polar surface area (TPSA) is 87.0 Å². The number of nitrogens with zero attached hydrogens (tertiary/aromatic N) is 2. The molecule has 0 aliphatic carbocycles. The molecule has 23 heavy (non-hydrogen) atoms. The zero-order valence-electron chi connectivity index (χ0n) is 12.2. The number of aromatic nitrogens is 1. The summed E-state index contributed by atoms with van der Waals surface area (Å²) in [6.45, 7) is 1.71. The first-order valence-electron chi connectivity index (χ1n) is 6.54. The number of carbonyl (C=O) groups is 1. The summed E-state index contributed by atoms with van der Waals surface area (Å²) in [7, 11) is 0. The molecule has 6 nitrogen and oxygen atoms in total. The lowest BCUT2D eigenvalue weighted by Gasteiger charge is -2.07. The number of carbonyl (C=O) groups excluding carboxylic acids is 1. The maximum Gasteiger partial charge on any atom is 0.276 e. The van der Waals surface area contributed by atoms with E-state index in [1.54, 1.807) is 12.1 Å². The lowest BCUT2D eigenvalue weighted by atomic mass is 10.3. The Kier molecular flexibility index (Phi) is 6.14. The number of rotatable bonds is 6. The van der Waals surface area contributed by atoms with Crippen LogP contribution in [-0.4, -0.2) is 17.5 Å². The van der Waals surface area contributed by atoms with Crippen LogP contribution in [0.3, 0.4) is 0 Å². The smallest absolute Gasteiger partial charge is 0.276 e. The van der Waals surface area contributed by atoms with Gasteiger partial charge in [0.05, 0.1) is 0 Å². The Labute approximate surface area is 145 Å². The van der Waals surface area contributed by atoms with E-state index in [9.17, 15) is 4.79 Å². The van der Waals surface area contributed by atoms with E-state index in [0.29, 0.717) is 16.3 Å². The molecule has 2 rings (SSSR count).